The van der Waals surface area contributed by atoms with Gasteiger partial charge < -0.3 is 9.30 Å². The third kappa shape index (κ3) is 5.49. The molecule has 170 valence electrons. The van der Waals surface area contributed by atoms with Gasteiger partial charge in [0.25, 0.3) is 0 Å². The Kier molecular flexibility index (Phi) is 7.66. The van der Waals surface area contributed by atoms with Crippen molar-refractivity contribution in [3.8, 4) is 28.6 Å². The fraction of sp³-hybridized carbons (Fsp3) is 0.0714. The van der Waals surface area contributed by atoms with Crippen LogP contribution >= 0.6 is 11.8 Å². The number of hydrogen-bond donors (Lipinski definition) is 0. The maximum absolute atomic E-state index is 5.81. The summed E-state index contributed by atoms with van der Waals surface area (Å²) >= 11 is 1.54. The fourth-order valence-corrected chi connectivity index (χ4v) is 4.44. The van der Waals surface area contributed by atoms with Crippen molar-refractivity contribution in [3.05, 3.63) is 115 Å². The van der Waals surface area contributed by atoms with E-state index in [1.807, 2.05) is 67.0 Å². The van der Waals surface area contributed by atoms with E-state index >= 15 is 0 Å². The Morgan fingerprint density at radius 1 is 0.882 bits per heavy atom. The number of hydrogen-bond acceptors (Lipinski definition) is 4. The van der Waals surface area contributed by atoms with E-state index in [1.54, 1.807) is 0 Å². The molecule has 0 unspecified atom stereocenters. The molecule has 0 saturated heterocycles. The van der Waals surface area contributed by atoms with Crippen LogP contribution in [0.4, 0.5) is 0 Å². The first kappa shape index (κ1) is 24.0. The fourth-order valence-electron chi connectivity index (χ4n) is 3.63. The SMILES string of the molecule is Cc1cccc(C)c1-n1cnc(-c2[c-]c(Sc3cccc(Oc4[c-]cccc4)n3)ccc2)c1.[Pt+2]. The topological polar surface area (TPSA) is 39.9 Å². The molecule has 0 spiro atoms. The molecule has 5 rings (SSSR count). The minimum Gasteiger partial charge on any atom is -0.466 e. The molecule has 0 atom stereocenters. The third-order valence-corrected chi connectivity index (χ3v) is 6.03. The van der Waals surface area contributed by atoms with Crippen LogP contribution in [0.5, 0.6) is 11.6 Å². The molecule has 3 aromatic carbocycles. The predicted octanol–water partition coefficient (Wildman–Crippen LogP) is 7.09. The maximum atomic E-state index is 5.81. The van der Waals surface area contributed by atoms with Crippen molar-refractivity contribution in [3.63, 3.8) is 0 Å². The van der Waals surface area contributed by atoms with Gasteiger partial charge in [-0.2, -0.15) is 18.2 Å². The minimum absolute atomic E-state index is 0. The Hall–Kier alpha value is -3.14. The molecule has 0 aliphatic heterocycles. The number of aromatic nitrogens is 3. The molecule has 0 fully saturated rings. The molecule has 0 bridgehead atoms. The number of benzene rings is 3. The number of rotatable bonds is 6. The maximum Gasteiger partial charge on any atom is 2.00 e. The van der Waals surface area contributed by atoms with Crippen LogP contribution in [0.25, 0.3) is 16.9 Å². The monoisotopic (exact) mass is 642 g/mol. The Morgan fingerprint density at radius 3 is 2.47 bits per heavy atom. The summed E-state index contributed by atoms with van der Waals surface area (Å²) < 4.78 is 7.89. The van der Waals surface area contributed by atoms with Crippen LogP contribution in [0.15, 0.2) is 101 Å². The second-order valence-electron chi connectivity index (χ2n) is 7.58. The summed E-state index contributed by atoms with van der Waals surface area (Å²) in [6.45, 7) is 4.23. The number of aryl methyl sites for hydroxylation is 2. The van der Waals surface area contributed by atoms with Crippen LogP contribution in [-0.2, 0) is 21.1 Å². The van der Waals surface area contributed by atoms with Crippen molar-refractivity contribution in [1.29, 1.82) is 0 Å². The molecular formula is C28H21N3OPtS. The third-order valence-electron chi connectivity index (χ3n) is 5.13. The summed E-state index contributed by atoms with van der Waals surface area (Å²) in [4.78, 5) is 10.2. The van der Waals surface area contributed by atoms with Gasteiger partial charge in [-0.1, -0.05) is 40.9 Å². The number of ether oxygens (including phenoxy) is 1. The van der Waals surface area contributed by atoms with Gasteiger partial charge in [0.2, 0.25) is 5.88 Å². The Morgan fingerprint density at radius 2 is 1.68 bits per heavy atom. The zero-order chi connectivity index (χ0) is 22.6. The summed E-state index contributed by atoms with van der Waals surface area (Å²) in [5.74, 6) is 1.17. The van der Waals surface area contributed by atoms with Gasteiger partial charge in [-0.05, 0) is 37.2 Å². The van der Waals surface area contributed by atoms with E-state index < -0.39 is 0 Å². The normalized spacial score (nSPS) is 10.5. The molecule has 0 N–H and O–H groups in total. The number of imidazole rings is 1. The van der Waals surface area contributed by atoms with Crippen molar-refractivity contribution in [1.82, 2.24) is 14.5 Å². The van der Waals surface area contributed by atoms with E-state index in [0.29, 0.717) is 11.6 Å². The van der Waals surface area contributed by atoms with Crippen molar-refractivity contribution < 1.29 is 25.8 Å². The first-order chi connectivity index (χ1) is 16.2. The first-order valence-corrected chi connectivity index (χ1v) is 11.4. The number of para-hydroxylation sites is 2. The van der Waals surface area contributed by atoms with Gasteiger partial charge in [0.1, 0.15) is 5.03 Å². The standard InChI is InChI=1S/C28H21N3OS.Pt/c1-20-9-6-10-21(2)28(20)31-18-25(29-19-31)22-11-7-14-24(17-22)33-27-16-8-15-26(30-27)32-23-12-4-3-5-13-23;/h3-12,14-16,18-19H,1-2H3;/q-2;+2. The van der Waals surface area contributed by atoms with Gasteiger partial charge in [-0.3, -0.25) is 4.98 Å². The minimum atomic E-state index is 0. The molecule has 34 heavy (non-hydrogen) atoms. The van der Waals surface area contributed by atoms with Crippen molar-refractivity contribution in [2.24, 2.45) is 0 Å². The van der Waals surface area contributed by atoms with Crippen LogP contribution < -0.4 is 4.74 Å². The number of pyridine rings is 1. The van der Waals surface area contributed by atoms with E-state index in [2.05, 4.69) is 64.9 Å². The molecule has 2 aromatic heterocycles. The summed E-state index contributed by atoms with van der Waals surface area (Å²) in [5, 5.41) is 0.831. The predicted molar refractivity (Wildman–Crippen MR) is 131 cm³/mol. The molecule has 2 heterocycles. The summed E-state index contributed by atoms with van der Waals surface area (Å²) in [6.07, 6.45) is 3.92. The molecular weight excluding hydrogens is 621 g/mol. The number of nitrogens with zero attached hydrogens (tertiary/aromatic N) is 3. The molecule has 0 radical (unpaired) electrons. The average molecular weight is 643 g/mol. The summed E-state index contributed by atoms with van der Waals surface area (Å²) in [6, 6.07) is 32.1. The van der Waals surface area contributed by atoms with Crippen molar-refractivity contribution in [2.75, 3.05) is 0 Å². The quantitative estimate of drug-likeness (QED) is 0.186. The smallest absolute Gasteiger partial charge is 0.466 e. The second-order valence-corrected chi connectivity index (χ2v) is 8.64. The van der Waals surface area contributed by atoms with E-state index in [1.165, 1.54) is 28.6 Å². The van der Waals surface area contributed by atoms with E-state index in [0.717, 1.165) is 21.2 Å². The van der Waals surface area contributed by atoms with Gasteiger partial charge >= 0.3 is 21.1 Å². The Balaban J connectivity index is 0.00000274. The van der Waals surface area contributed by atoms with Crippen LogP contribution in [0.3, 0.4) is 0 Å². The molecule has 6 heteroatoms. The molecule has 5 aromatic rings. The molecule has 0 aliphatic carbocycles. The Bertz CT molecular complexity index is 1380. The van der Waals surface area contributed by atoms with E-state index in [9.17, 15) is 0 Å². The van der Waals surface area contributed by atoms with Crippen LogP contribution in [0.2, 0.25) is 0 Å². The zero-order valence-corrected chi connectivity index (χ0v) is 21.7. The molecule has 0 saturated carbocycles. The molecule has 0 amide bonds. The van der Waals surface area contributed by atoms with Gasteiger partial charge in [-0.25, -0.2) is 4.98 Å². The first-order valence-electron chi connectivity index (χ1n) is 10.6. The zero-order valence-electron chi connectivity index (χ0n) is 18.6. The molecule has 0 aliphatic rings. The van der Waals surface area contributed by atoms with Gasteiger partial charge in [0.15, 0.2) is 0 Å². The largest absolute Gasteiger partial charge is 2.00 e. The van der Waals surface area contributed by atoms with Crippen LogP contribution in [-0.4, -0.2) is 14.5 Å². The Labute approximate surface area is 218 Å². The summed E-state index contributed by atoms with van der Waals surface area (Å²) in [7, 11) is 0. The molecule has 4 nitrogen and oxygen atoms in total. The second kappa shape index (κ2) is 10.9. The van der Waals surface area contributed by atoms with E-state index in [-0.39, 0.29) is 21.1 Å². The summed E-state index contributed by atoms with van der Waals surface area (Å²) in [5.41, 5.74) is 5.42. The van der Waals surface area contributed by atoms with Gasteiger partial charge in [-0.15, -0.1) is 42.0 Å². The van der Waals surface area contributed by atoms with Crippen LogP contribution in [0.1, 0.15) is 11.1 Å². The van der Waals surface area contributed by atoms with Crippen molar-refractivity contribution in [2.45, 2.75) is 23.8 Å². The van der Waals surface area contributed by atoms with Crippen molar-refractivity contribution >= 4 is 11.8 Å². The van der Waals surface area contributed by atoms with Gasteiger partial charge in [0, 0.05) is 17.5 Å². The van der Waals surface area contributed by atoms with E-state index in [4.69, 9.17) is 4.74 Å². The van der Waals surface area contributed by atoms with Gasteiger partial charge in [0.05, 0.1) is 12.0 Å². The average Bonchev–Trinajstić information content (AvgIpc) is 3.30. The van der Waals surface area contributed by atoms with Crippen LogP contribution in [0, 0.1) is 26.0 Å².